The number of likely N-dealkylation sites (tertiary alicyclic amines) is 1. The van der Waals surface area contributed by atoms with Gasteiger partial charge in [-0.2, -0.15) is 0 Å². The van der Waals surface area contributed by atoms with Gasteiger partial charge in [0.15, 0.2) is 11.2 Å². The van der Waals surface area contributed by atoms with E-state index in [0.717, 1.165) is 30.5 Å². The van der Waals surface area contributed by atoms with Crippen LogP contribution in [-0.2, 0) is 25.4 Å². The van der Waals surface area contributed by atoms with Crippen LogP contribution in [0.3, 0.4) is 0 Å². The third-order valence-corrected chi connectivity index (χ3v) is 6.42. The number of thiophene rings is 1. The lowest BCUT2D eigenvalue weighted by atomic mass is 10.2. The summed E-state index contributed by atoms with van der Waals surface area (Å²) in [5, 5.41) is 4.96. The van der Waals surface area contributed by atoms with Gasteiger partial charge in [0.1, 0.15) is 6.54 Å². The molecule has 1 N–H and O–H groups in total. The molecule has 1 aliphatic heterocycles. The number of nitrogens with zero attached hydrogens (tertiary/aromatic N) is 5. The topological polar surface area (TPSA) is 94.2 Å². The first-order valence-corrected chi connectivity index (χ1v) is 10.5. The number of hydrogen-bond acceptors (Lipinski definition) is 6. The van der Waals surface area contributed by atoms with Gasteiger partial charge in [-0.15, -0.1) is 11.3 Å². The van der Waals surface area contributed by atoms with Crippen molar-refractivity contribution >= 4 is 28.4 Å². The standard InChI is InChI=1S/C19H24N6O3S/c1-22-12-21-17-16(22)18(27)25(19(28)23(17)2)11-15(26)20-10-13(14-6-5-9-29-14)24-7-3-4-8-24/h5-6,9,12-13H,3-4,7-8,10-11H2,1-2H3,(H,20,26). The van der Waals surface area contributed by atoms with Crippen LogP contribution < -0.4 is 16.6 Å². The Hall–Kier alpha value is -2.72. The maximum atomic E-state index is 12.8. The second-order valence-corrected chi connectivity index (χ2v) is 8.32. The van der Waals surface area contributed by atoms with E-state index in [9.17, 15) is 14.4 Å². The Labute approximate surface area is 171 Å². The van der Waals surface area contributed by atoms with E-state index in [-0.39, 0.29) is 18.5 Å². The Kier molecular flexibility index (Phi) is 5.37. The van der Waals surface area contributed by atoms with Gasteiger partial charge in [0.05, 0.1) is 12.4 Å². The highest BCUT2D eigenvalue weighted by atomic mass is 32.1. The van der Waals surface area contributed by atoms with E-state index < -0.39 is 11.2 Å². The predicted molar refractivity (Wildman–Crippen MR) is 111 cm³/mol. The monoisotopic (exact) mass is 416 g/mol. The highest BCUT2D eigenvalue weighted by molar-refractivity contribution is 7.10. The summed E-state index contributed by atoms with van der Waals surface area (Å²) in [6, 6.07) is 4.20. The van der Waals surface area contributed by atoms with Crippen LogP contribution in [0.2, 0.25) is 0 Å². The number of aromatic nitrogens is 4. The first kappa shape index (κ1) is 19.6. The molecular weight excluding hydrogens is 392 g/mol. The number of hydrogen-bond donors (Lipinski definition) is 1. The van der Waals surface area contributed by atoms with Gasteiger partial charge < -0.3 is 9.88 Å². The van der Waals surface area contributed by atoms with E-state index >= 15 is 0 Å². The molecule has 0 spiro atoms. The number of imidazole rings is 1. The van der Waals surface area contributed by atoms with E-state index in [1.54, 1.807) is 30.0 Å². The first-order chi connectivity index (χ1) is 14.0. The number of carbonyl (C=O) groups is 1. The van der Waals surface area contributed by atoms with Crippen molar-refractivity contribution in [1.29, 1.82) is 0 Å². The van der Waals surface area contributed by atoms with Gasteiger partial charge in [-0.25, -0.2) is 14.3 Å². The highest BCUT2D eigenvalue weighted by Crippen LogP contribution is 2.27. The molecule has 1 atom stereocenters. The zero-order valence-corrected chi connectivity index (χ0v) is 17.3. The largest absolute Gasteiger partial charge is 0.353 e. The summed E-state index contributed by atoms with van der Waals surface area (Å²) in [6.45, 7) is 2.15. The molecule has 0 aromatic carbocycles. The molecule has 154 valence electrons. The molecule has 9 nitrogen and oxygen atoms in total. The van der Waals surface area contributed by atoms with Crippen molar-refractivity contribution in [3.8, 4) is 0 Å². The number of amides is 1. The van der Waals surface area contributed by atoms with Crippen molar-refractivity contribution in [2.75, 3.05) is 19.6 Å². The SMILES string of the molecule is Cn1cnc2c1c(=O)n(CC(=O)NCC(c1cccs1)N1CCCC1)c(=O)n2C. The third-order valence-electron chi connectivity index (χ3n) is 5.45. The minimum absolute atomic E-state index is 0.112. The van der Waals surface area contributed by atoms with E-state index in [2.05, 4.69) is 21.3 Å². The molecule has 1 amide bonds. The van der Waals surface area contributed by atoms with E-state index in [4.69, 9.17) is 0 Å². The third kappa shape index (κ3) is 3.65. The summed E-state index contributed by atoms with van der Waals surface area (Å²) in [4.78, 5) is 45.6. The number of nitrogens with one attached hydrogen (secondary N) is 1. The van der Waals surface area contributed by atoms with Crippen LogP contribution >= 0.6 is 11.3 Å². The zero-order chi connectivity index (χ0) is 20.5. The first-order valence-electron chi connectivity index (χ1n) is 9.62. The van der Waals surface area contributed by atoms with Gasteiger partial charge in [0.2, 0.25) is 5.91 Å². The van der Waals surface area contributed by atoms with Gasteiger partial charge >= 0.3 is 5.69 Å². The summed E-state index contributed by atoms with van der Waals surface area (Å²) < 4.78 is 3.82. The molecule has 4 rings (SSSR count). The number of aryl methyl sites for hydroxylation is 2. The lowest BCUT2D eigenvalue weighted by Crippen LogP contribution is -2.44. The maximum absolute atomic E-state index is 12.8. The Morgan fingerprint density at radius 1 is 1.28 bits per heavy atom. The van der Waals surface area contributed by atoms with Gasteiger partial charge in [0, 0.05) is 25.5 Å². The van der Waals surface area contributed by atoms with Crippen LogP contribution in [0.4, 0.5) is 0 Å². The Morgan fingerprint density at radius 3 is 2.72 bits per heavy atom. The Bertz CT molecular complexity index is 1140. The summed E-state index contributed by atoms with van der Waals surface area (Å²) in [6.07, 6.45) is 3.80. The summed E-state index contributed by atoms with van der Waals surface area (Å²) in [5.41, 5.74) is -0.447. The van der Waals surface area contributed by atoms with Gasteiger partial charge in [-0.05, 0) is 37.4 Å². The van der Waals surface area contributed by atoms with Crippen LogP contribution in [-0.4, -0.2) is 49.1 Å². The molecule has 10 heteroatoms. The predicted octanol–water partition coefficient (Wildman–Crippen LogP) is 0.449. The van der Waals surface area contributed by atoms with Crippen molar-refractivity contribution < 1.29 is 4.79 Å². The molecule has 1 saturated heterocycles. The number of carbonyl (C=O) groups excluding carboxylic acids is 1. The van der Waals surface area contributed by atoms with Crippen molar-refractivity contribution in [2.24, 2.45) is 14.1 Å². The smallest absolute Gasteiger partial charge is 0.332 e. The molecule has 29 heavy (non-hydrogen) atoms. The van der Waals surface area contributed by atoms with Gasteiger partial charge in [-0.1, -0.05) is 6.07 Å². The fourth-order valence-electron chi connectivity index (χ4n) is 3.89. The molecule has 0 radical (unpaired) electrons. The van der Waals surface area contributed by atoms with Crippen LogP contribution in [0, 0.1) is 0 Å². The summed E-state index contributed by atoms with van der Waals surface area (Å²) in [7, 11) is 3.24. The maximum Gasteiger partial charge on any atom is 0.332 e. The fourth-order valence-corrected chi connectivity index (χ4v) is 4.75. The molecule has 1 fully saturated rings. The van der Waals surface area contributed by atoms with Crippen molar-refractivity contribution in [1.82, 2.24) is 28.9 Å². The molecule has 0 aliphatic carbocycles. The summed E-state index contributed by atoms with van der Waals surface area (Å²) in [5.74, 6) is -0.355. The van der Waals surface area contributed by atoms with Crippen LogP contribution in [0.5, 0.6) is 0 Å². The van der Waals surface area contributed by atoms with Crippen molar-refractivity contribution in [2.45, 2.75) is 25.4 Å². The van der Waals surface area contributed by atoms with E-state index in [1.807, 2.05) is 11.4 Å². The Morgan fingerprint density at radius 2 is 2.03 bits per heavy atom. The average Bonchev–Trinajstić information content (AvgIpc) is 3.46. The zero-order valence-electron chi connectivity index (χ0n) is 16.5. The van der Waals surface area contributed by atoms with Crippen LogP contribution in [0.1, 0.15) is 23.8 Å². The molecule has 0 bridgehead atoms. The second-order valence-electron chi connectivity index (χ2n) is 7.34. The van der Waals surface area contributed by atoms with Crippen molar-refractivity contribution in [3.05, 3.63) is 49.6 Å². The minimum atomic E-state index is -0.550. The highest BCUT2D eigenvalue weighted by Gasteiger charge is 2.25. The number of fused-ring (bicyclic) bond motifs is 1. The van der Waals surface area contributed by atoms with Gasteiger partial charge in [0.25, 0.3) is 5.56 Å². The molecule has 4 heterocycles. The lowest BCUT2D eigenvalue weighted by Gasteiger charge is -2.27. The van der Waals surface area contributed by atoms with Crippen LogP contribution in [0.25, 0.3) is 11.2 Å². The average molecular weight is 417 g/mol. The fraction of sp³-hybridized carbons (Fsp3) is 0.474. The minimum Gasteiger partial charge on any atom is -0.353 e. The molecule has 0 saturated carbocycles. The normalized spacial score (nSPS) is 15.8. The van der Waals surface area contributed by atoms with Gasteiger partial charge in [-0.3, -0.25) is 19.1 Å². The molecule has 1 unspecified atom stereocenters. The van der Waals surface area contributed by atoms with Crippen LogP contribution in [0.15, 0.2) is 33.4 Å². The molecule has 3 aromatic rings. The Balaban J connectivity index is 1.53. The second kappa shape index (κ2) is 7.96. The number of rotatable bonds is 6. The summed E-state index contributed by atoms with van der Waals surface area (Å²) >= 11 is 1.67. The van der Waals surface area contributed by atoms with E-state index in [1.165, 1.54) is 15.8 Å². The lowest BCUT2D eigenvalue weighted by molar-refractivity contribution is -0.122. The van der Waals surface area contributed by atoms with Crippen molar-refractivity contribution in [3.63, 3.8) is 0 Å². The molecule has 1 aliphatic rings. The van der Waals surface area contributed by atoms with E-state index in [0.29, 0.717) is 17.7 Å². The molecular formula is C19H24N6O3S. The molecule has 3 aromatic heterocycles. The quantitative estimate of drug-likeness (QED) is 0.630.